The fraction of sp³-hybridized carbons (Fsp3) is 0.214. The minimum absolute atomic E-state index is 0.0183. The van der Waals surface area contributed by atoms with Gasteiger partial charge in [-0.2, -0.15) is 0 Å². The van der Waals surface area contributed by atoms with Crippen LogP contribution in [0.3, 0.4) is 0 Å². The van der Waals surface area contributed by atoms with E-state index < -0.39 is 11.9 Å². The number of nitrogens with two attached hydrogens (primary N) is 1. The fourth-order valence-corrected chi connectivity index (χ4v) is 3.86. The van der Waals surface area contributed by atoms with E-state index in [-0.39, 0.29) is 17.7 Å². The molecule has 0 bridgehead atoms. The van der Waals surface area contributed by atoms with E-state index in [2.05, 4.69) is 5.32 Å². The Bertz CT molecular complexity index is 1340. The van der Waals surface area contributed by atoms with Crippen LogP contribution in [0.5, 0.6) is 11.5 Å². The number of rotatable bonds is 9. The first-order chi connectivity index (χ1) is 16.9. The summed E-state index contributed by atoms with van der Waals surface area (Å²) in [6, 6.07) is 21.4. The zero-order chi connectivity index (χ0) is 24.9. The van der Waals surface area contributed by atoms with Gasteiger partial charge in [-0.25, -0.2) is 4.39 Å². The molecule has 4 aromatic rings. The molecule has 0 saturated heterocycles. The number of nitrogens with one attached hydrogen (secondary N) is 2. The van der Waals surface area contributed by atoms with Crippen molar-refractivity contribution in [3.05, 3.63) is 95.4 Å². The number of ether oxygens (including phenoxy) is 2. The van der Waals surface area contributed by atoms with Crippen molar-refractivity contribution in [2.45, 2.75) is 32.9 Å². The lowest BCUT2D eigenvalue weighted by atomic mass is 9.99. The molecular formula is C28H29FN4O2. The second kappa shape index (κ2) is 10.4. The van der Waals surface area contributed by atoms with E-state index in [1.54, 1.807) is 36.4 Å². The minimum atomic E-state index is -0.641. The molecule has 0 radical (unpaired) electrons. The van der Waals surface area contributed by atoms with Crippen molar-refractivity contribution in [1.29, 1.82) is 5.41 Å². The summed E-state index contributed by atoms with van der Waals surface area (Å²) >= 11 is 0. The van der Waals surface area contributed by atoms with Crippen molar-refractivity contribution < 1.29 is 13.9 Å². The van der Waals surface area contributed by atoms with Crippen LogP contribution in [0.4, 0.5) is 10.1 Å². The first-order valence-electron chi connectivity index (χ1n) is 11.5. The van der Waals surface area contributed by atoms with Crippen molar-refractivity contribution in [2.75, 3.05) is 11.9 Å². The normalized spacial score (nSPS) is 11.9. The molecule has 1 unspecified atom stereocenters. The van der Waals surface area contributed by atoms with Gasteiger partial charge in [-0.05, 0) is 63.2 Å². The van der Waals surface area contributed by atoms with Crippen LogP contribution in [0.2, 0.25) is 0 Å². The van der Waals surface area contributed by atoms with Crippen molar-refractivity contribution in [2.24, 2.45) is 5.73 Å². The van der Waals surface area contributed by atoms with Crippen molar-refractivity contribution >= 4 is 22.4 Å². The van der Waals surface area contributed by atoms with Gasteiger partial charge in [0.2, 0.25) is 0 Å². The van der Waals surface area contributed by atoms with Gasteiger partial charge in [-0.3, -0.25) is 10.4 Å². The van der Waals surface area contributed by atoms with Gasteiger partial charge in [0.05, 0.1) is 30.0 Å². The zero-order valence-electron chi connectivity index (χ0n) is 20.0. The maximum Gasteiger partial charge on any atom is 0.171 e. The van der Waals surface area contributed by atoms with E-state index in [9.17, 15) is 0 Å². The Morgan fingerprint density at radius 3 is 2.49 bits per heavy atom. The standard InChI is InChI=1S/C28H29FN4O2/c1-4-34-21-15-22(26(29)25(16-21)35-17(2)3)27(32-20-12-9-19(10-13-20)28(30)31)24-14-11-18-7-5-6-8-23(18)33-24/h5-17,27,32H,4H2,1-3H3,(H3,30,31). The van der Waals surface area contributed by atoms with E-state index in [0.29, 0.717) is 29.2 Å². The van der Waals surface area contributed by atoms with Crippen LogP contribution in [0.25, 0.3) is 10.9 Å². The Hall–Kier alpha value is -4.13. The molecule has 6 nitrogen and oxygen atoms in total. The van der Waals surface area contributed by atoms with Crippen LogP contribution >= 0.6 is 0 Å². The Kier molecular flexibility index (Phi) is 7.15. The number of nitrogens with zero attached hydrogens (tertiary/aromatic N) is 1. The molecule has 180 valence electrons. The first-order valence-corrected chi connectivity index (χ1v) is 11.5. The number of anilines is 1. The summed E-state index contributed by atoms with van der Waals surface area (Å²) in [5.74, 6) is 0.143. The molecule has 0 amide bonds. The molecule has 0 spiro atoms. The van der Waals surface area contributed by atoms with Crippen molar-refractivity contribution in [3.63, 3.8) is 0 Å². The number of nitrogen functional groups attached to an aromatic ring is 1. The van der Waals surface area contributed by atoms with Crippen LogP contribution in [0.15, 0.2) is 72.8 Å². The molecule has 0 fully saturated rings. The van der Waals surface area contributed by atoms with E-state index in [4.69, 9.17) is 25.6 Å². The van der Waals surface area contributed by atoms with Gasteiger partial charge in [0.25, 0.3) is 0 Å². The zero-order valence-corrected chi connectivity index (χ0v) is 20.0. The number of benzene rings is 3. The third kappa shape index (κ3) is 5.51. The average molecular weight is 473 g/mol. The molecule has 1 aromatic heterocycles. The molecule has 0 aliphatic heterocycles. The molecule has 1 atom stereocenters. The highest BCUT2D eigenvalue weighted by Crippen LogP contribution is 2.36. The van der Waals surface area contributed by atoms with E-state index in [1.807, 2.05) is 57.2 Å². The Morgan fingerprint density at radius 1 is 1.06 bits per heavy atom. The van der Waals surface area contributed by atoms with Crippen LogP contribution in [-0.2, 0) is 0 Å². The lowest BCUT2D eigenvalue weighted by Gasteiger charge is -2.23. The van der Waals surface area contributed by atoms with Gasteiger partial charge >= 0.3 is 0 Å². The monoisotopic (exact) mass is 472 g/mol. The van der Waals surface area contributed by atoms with Gasteiger partial charge in [0.1, 0.15) is 11.6 Å². The van der Waals surface area contributed by atoms with Gasteiger partial charge in [0.15, 0.2) is 11.6 Å². The highest BCUT2D eigenvalue weighted by molar-refractivity contribution is 5.95. The van der Waals surface area contributed by atoms with Crippen LogP contribution < -0.4 is 20.5 Å². The smallest absolute Gasteiger partial charge is 0.171 e. The maximum atomic E-state index is 15.9. The Morgan fingerprint density at radius 2 is 1.80 bits per heavy atom. The molecule has 0 aliphatic rings. The minimum Gasteiger partial charge on any atom is -0.494 e. The van der Waals surface area contributed by atoms with E-state index in [1.165, 1.54) is 0 Å². The third-order valence-corrected chi connectivity index (χ3v) is 5.45. The molecule has 7 heteroatoms. The number of pyridine rings is 1. The molecule has 0 aliphatic carbocycles. The molecule has 35 heavy (non-hydrogen) atoms. The largest absolute Gasteiger partial charge is 0.494 e. The molecule has 4 N–H and O–H groups in total. The predicted octanol–water partition coefficient (Wildman–Crippen LogP) is 6.05. The number of hydrogen-bond donors (Lipinski definition) is 3. The number of amidine groups is 1. The summed E-state index contributed by atoms with van der Waals surface area (Å²) in [6.07, 6.45) is -0.210. The van der Waals surface area contributed by atoms with E-state index in [0.717, 1.165) is 16.6 Å². The van der Waals surface area contributed by atoms with Crippen molar-refractivity contribution in [1.82, 2.24) is 4.98 Å². The quantitative estimate of drug-likeness (QED) is 0.204. The number of hydrogen-bond acceptors (Lipinski definition) is 5. The summed E-state index contributed by atoms with van der Waals surface area (Å²) in [5, 5.41) is 12.0. The van der Waals surface area contributed by atoms with Crippen LogP contribution in [0, 0.1) is 11.2 Å². The summed E-state index contributed by atoms with van der Waals surface area (Å²) in [5.41, 5.74) is 8.73. The second-order valence-corrected chi connectivity index (χ2v) is 8.42. The van der Waals surface area contributed by atoms with Crippen LogP contribution in [-0.4, -0.2) is 23.5 Å². The molecule has 0 saturated carbocycles. The predicted molar refractivity (Wildman–Crippen MR) is 138 cm³/mol. The lowest BCUT2D eigenvalue weighted by molar-refractivity contribution is 0.228. The Labute approximate surface area is 204 Å². The van der Waals surface area contributed by atoms with Crippen LogP contribution in [0.1, 0.15) is 43.6 Å². The summed E-state index contributed by atoms with van der Waals surface area (Å²) < 4.78 is 27.4. The SMILES string of the molecule is CCOc1cc(OC(C)C)c(F)c(C(Nc2ccc(C(=N)N)cc2)c2ccc3ccccc3n2)c1. The molecular weight excluding hydrogens is 443 g/mol. The fourth-order valence-electron chi connectivity index (χ4n) is 3.86. The topological polar surface area (TPSA) is 93.2 Å². The first kappa shape index (κ1) is 24.0. The molecule has 4 rings (SSSR count). The summed E-state index contributed by atoms with van der Waals surface area (Å²) in [7, 11) is 0. The average Bonchev–Trinajstić information content (AvgIpc) is 2.84. The number of aromatic nitrogens is 1. The summed E-state index contributed by atoms with van der Waals surface area (Å²) in [6.45, 7) is 6.02. The number of fused-ring (bicyclic) bond motifs is 1. The number of para-hydroxylation sites is 1. The second-order valence-electron chi connectivity index (χ2n) is 8.42. The summed E-state index contributed by atoms with van der Waals surface area (Å²) in [4.78, 5) is 4.84. The highest BCUT2D eigenvalue weighted by Gasteiger charge is 2.24. The van der Waals surface area contributed by atoms with Gasteiger partial charge in [-0.1, -0.05) is 24.3 Å². The molecule has 3 aromatic carbocycles. The highest BCUT2D eigenvalue weighted by atomic mass is 19.1. The van der Waals surface area contributed by atoms with Gasteiger partial charge < -0.3 is 20.5 Å². The maximum absolute atomic E-state index is 15.9. The number of halogens is 1. The molecule has 1 heterocycles. The van der Waals surface area contributed by atoms with Gasteiger partial charge in [0, 0.05) is 28.3 Å². The van der Waals surface area contributed by atoms with Gasteiger partial charge in [-0.15, -0.1) is 0 Å². The van der Waals surface area contributed by atoms with Crippen molar-refractivity contribution in [3.8, 4) is 11.5 Å². The lowest BCUT2D eigenvalue weighted by Crippen LogP contribution is -2.17. The Balaban J connectivity index is 1.86. The third-order valence-electron chi connectivity index (χ3n) is 5.45. The van der Waals surface area contributed by atoms with E-state index >= 15 is 4.39 Å².